The lowest BCUT2D eigenvalue weighted by Gasteiger charge is -2.35. The number of aryl methyl sites for hydroxylation is 1. The maximum atomic E-state index is 3.49. The summed E-state index contributed by atoms with van der Waals surface area (Å²) in [6.07, 6.45) is 6.59. The molecule has 0 amide bonds. The van der Waals surface area contributed by atoms with E-state index in [1.807, 2.05) is 0 Å². The quantitative estimate of drug-likeness (QED) is 0.900. The van der Waals surface area contributed by atoms with E-state index in [-0.39, 0.29) is 24.8 Å². The van der Waals surface area contributed by atoms with Crippen molar-refractivity contribution in [2.24, 2.45) is 13.0 Å². The Morgan fingerprint density at radius 3 is 2.52 bits per heavy atom. The Kier molecular flexibility index (Phi) is 6.38. The minimum absolute atomic E-state index is 0. The normalized spacial score (nSPS) is 19.9. The van der Waals surface area contributed by atoms with Crippen molar-refractivity contribution in [3.05, 3.63) is 36.0 Å². The van der Waals surface area contributed by atoms with E-state index in [1.54, 1.807) is 5.56 Å². The van der Waals surface area contributed by atoms with Crippen molar-refractivity contribution < 1.29 is 0 Å². The van der Waals surface area contributed by atoms with E-state index < -0.39 is 0 Å². The summed E-state index contributed by atoms with van der Waals surface area (Å²) >= 11 is 0. The van der Waals surface area contributed by atoms with Gasteiger partial charge in [0.2, 0.25) is 0 Å². The monoisotopic (exact) mass is 355 g/mol. The molecule has 2 fully saturated rings. The van der Waals surface area contributed by atoms with Crippen LogP contribution in [-0.2, 0) is 7.05 Å². The number of aromatic nitrogens is 1. The van der Waals surface area contributed by atoms with Crippen LogP contribution in [0.4, 0.5) is 0 Å². The summed E-state index contributed by atoms with van der Waals surface area (Å²) in [5, 5.41) is 4.93. The Bertz CT molecular complexity index is 630. The summed E-state index contributed by atoms with van der Waals surface area (Å²) in [6, 6.07) is 9.47. The second-order valence-corrected chi connectivity index (χ2v) is 6.69. The van der Waals surface area contributed by atoms with Gasteiger partial charge in [-0.2, -0.15) is 0 Å². The molecule has 1 aliphatic heterocycles. The van der Waals surface area contributed by atoms with Crippen LogP contribution in [0.15, 0.2) is 30.5 Å². The third-order valence-electron chi connectivity index (χ3n) is 5.13. The van der Waals surface area contributed by atoms with Crippen molar-refractivity contribution in [2.45, 2.75) is 25.3 Å². The van der Waals surface area contributed by atoms with Crippen LogP contribution in [0.2, 0.25) is 0 Å². The molecule has 2 aromatic rings. The van der Waals surface area contributed by atoms with E-state index in [0.29, 0.717) is 6.04 Å². The maximum Gasteiger partial charge on any atom is 0.0481 e. The number of fused-ring (bicyclic) bond motifs is 1. The van der Waals surface area contributed by atoms with Crippen LogP contribution in [0, 0.1) is 5.92 Å². The summed E-state index contributed by atoms with van der Waals surface area (Å²) in [4.78, 5) is 2.70. The largest absolute Gasteiger partial charge is 0.350 e. The zero-order chi connectivity index (χ0) is 14.2. The van der Waals surface area contributed by atoms with Crippen molar-refractivity contribution in [1.82, 2.24) is 14.8 Å². The van der Waals surface area contributed by atoms with Crippen LogP contribution >= 0.6 is 24.8 Å². The van der Waals surface area contributed by atoms with Gasteiger partial charge < -0.3 is 9.88 Å². The van der Waals surface area contributed by atoms with Gasteiger partial charge in [-0.15, -0.1) is 24.8 Å². The van der Waals surface area contributed by atoms with Crippen LogP contribution in [-0.4, -0.2) is 35.6 Å². The first kappa shape index (κ1) is 18.6. The molecule has 1 saturated heterocycles. The van der Waals surface area contributed by atoms with E-state index in [4.69, 9.17) is 0 Å². The number of hydrogen-bond donors (Lipinski definition) is 1. The smallest absolute Gasteiger partial charge is 0.0481 e. The molecule has 1 atom stereocenters. The highest BCUT2D eigenvalue weighted by atomic mass is 35.5. The van der Waals surface area contributed by atoms with Gasteiger partial charge in [0.25, 0.3) is 0 Å². The average molecular weight is 356 g/mol. The van der Waals surface area contributed by atoms with Gasteiger partial charge in [0.1, 0.15) is 0 Å². The first-order valence-corrected chi connectivity index (χ1v) is 8.31. The Labute approximate surface area is 151 Å². The predicted molar refractivity (Wildman–Crippen MR) is 102 cm³/mol. The lowest BCUT2D eigenvalue weighted by atomic mass is 9.98. The van der Waals surface area contributed by atoms with E-state index in [9.17, 15) is 0 Å². The predicted octanol–water partition coefficient (Wildman–Crippen LogP) is 3.77. The molecule has 1 aromatic heterocycles. The molecule has 5 heteroatoms. The van der Waals surface area contributed by atoms with Gasteiger partial charge >= 0.3 is 0 Å². The van der Waals surface area contributed by atoms with Gasteiger partial charge in [0, 0.05) is 56.4 Å². The van der Waals surface area contributed by atoms with Gasteiger partial charge in [-0.25, -0.2) is 0 Å². The summed E-state index contributed by atoms with van der Waals surface area (Å²) in [7, 11) is 2.18. The summed E-state index contributed by atoms with van der Waals surface area (Å²) in [5.41, 5.74) is 2.91. The van der Waals surface area contributed by atoms with E-state index in [1.165, 1.54) is 43.3 Å². The Balaban J connectivity index is 0.000000960. The third-order valence-corrected chi connectivity index (χ3v) is 5.13. The van der Waals surface area contributed by atoms with Crippen LogP contribution in [0.25, 0.3) is 10.9 Å². The van der Waals surface area contributed by atoms with Gasteiger partial charge in [-0.05, 0) is 24.0 Å². The second kappa shape index (κ2) is 7.89. The fraction of sp³-hybridized carbons (Fsp3) is 0.556. The highest BCUT2D eigenvalue weighted by Crippen LogP contribution is 2.42. The average Bonchev–Trinajstić information content (AvgIpc) is 3.30. The molecule has 128 valence electrons. The molecule has 0 unspecified atom stereocenters. The fourth-order valence-corrected chi connectivity index (χ4v) is 3.77. The standard InChI is InChI=1S/C18H25N3.2ClH/c1-20-13-16(15-4-2-3-5-17(15)20)18(12-14-6-7-14)21-10-8-19-9-11-21;;/h2-5,13-14,18-19H,6-12H2,1H3;2*1H/t18-;;/m0../s1. The topological polar surface area (TPSA) is 20.2 Å². The Hall–Kier alpha value is -0.740. The van der Waals surface area contributed by atoms with Crippen LogP contribution in [0.3, 0.4) is 0 Å². The summed E-state index contributed by atoms with van der Waals surface area (Å²) < 4.78 is 2.30. The van der Waals surface area contributed by atoms with Crippen LogP contribution < -0.4 is 5.32 Å². The minimum atomic E-state index is 0. The van der Waals surface area contributed by atoms with Gasteiger partial charge in [0.05, 0.1) is 0 Å². The number of nitrogens with one attached hydrogen (secondary N) is 1. The molecule has 1 saturated carbocycles. The maximum absolute atomic E-state index is 3.49. The molecule has 0 bridgehead atoms. The number of benzene rings is 1. The summed E-state index contributed by atoms with van der Waals surface area (Å²) in [5.74, 6) is 0.962. The van der Waals surface area contributed by atoms with Crippen LogP contribution in [0.1, 0.15) is 30.9 Å². The van der Waals surface area contributed by atoms with E-state index in [2.05, 4.69) is 52.3 Å². The molecule has 1 aliphatic carbocycles. The van der Waals surface area contributed by atoms with Crippen molar-refractivity contribution >= 4 is 35.7 Å². The molecular weight excluding hydrogens is 329 g/mol. The molecule has 4 rings (SSSR count). The molecule has 0 spiro atoms. The molecule has 23 heavy (non-hydrogen) atoms. The van der Waals surface area contributed by atoms with E-state index in [0.717, 1.165) is 19.0 Å². The van der Waals surface area contributed by atoms with Crippen molar-refractivity contribution in [1.29, 1.82) is 0 Å². The van der Waals surface area contributed by atoms with Gasteiger partial charge in [0.15, 0.2) is 0 Å². The number of para-hydroxylation sites is 1. The molecule has 2 aliphatic rings. The second-order valence-electron chi connectivity index (χ2n) is 6.69. The molecular formula is C18H27Cl2N3. The SMILES string of the molecule is Cl.Cl.Cn1cc([C@H](CC2CC2)N2CCNCC2)c2ccccc21. The molecule has 3 nitrogen and oxygen atoms in total. The van der Waals surface area contributed by atoms with Gasteiger partial charge in [-0.1, -0.05) is 31.0 Å². The first-order valence-electron chi connectivity index (χ1n) is 8.31. The first-order chi connectivity index (χ1) is 10.3. The molecule has 2 heterocycles. The van der Waals surface area contributed by atoms with Crippen molar-refractivity contribution in [3.63, 3.8) is 0 Å². The number of halogens is 2. The van der Waals surface area contributed by atoms with Crippen molar-refractivity contribution in [2.75, 3.05) is 26.2 Å². The Morgan fingerprint density at radius 2 is 1.83 bits per heavy atom. The molecule has 1 aromatic carbocycles. The number of nitrogens with zero attached hydrogens (tertiary/aromatic N) is 2. The fourth-order valence-electron chi connectivity index (χ4n) is 3.77. The number of rotatable bonds is 4. The van der Waals surface area contributed by atoms with Gasteiger partial charge in [-0.3, -0.25) is 4.90 Å². The third kappa shape index (κ3) is 3.85. The highest BCUT2D eigenvalue weighted by molar-refractivity contribution is 5.86. The van der Waals surface area contributed by atoms with Crippen molar-refractivity contribution in [3.8, 4) is 0 Å². The molecule has 1 N–H and O–H groups in total. The lowest BCUT2D eigenvalue weighted by Crippen LogP contribution is -2.45. The molecule has 0 radical (unpaired) electrons. The highest BCUT2D eigenvalue weighted by Gasteiger charge is 2.31. The van der Waals surface area contributed by atoms with Crippen LogP contribution in [0.5, 0.6) is 0 Å². The van der Waals surface area contributed by atoms with E-state index >= 15 is 0 Å². The number of hydrogen-bond acceptors (Lipinski definition) is 2. The minimum Gasteiger partial charge on any atom is -0.350 e. The lowest BCUT2D eigenvalue weighted by molar-refractivity contribution is 0.161. The Morgan fingerprint density at radius 1 is 1.13 bits per heavy atom. The zero-order valence-corrected chi connectivity index (χ0v) is 15.3. The number of piperazine rings is 1. The summed E-state index contributed by atoms with van der Waals surface area (Å²) in [6.45, 7) is 4.62. The zero-order valence-electron chi connectivity index (χ0n) is 13.7.